The fourth-order valence-corrected chi connectivity index (χ4v) is 1.28. The molecule has 0 spiro atoms. The van der Waals surface area contributed by atoms with Crippen LogP contribution < -0.4 is 5.73 Å². The van der Waals surface area contributed by atoms with Crippen LogP contribution in [0, 0.1) is 0 Å². The Morgan fingerprint density at radius 1 is 1.50 bits per heavy atom. The van der Waals surface area contributed by atoms with Gasteiger partial charge in [-0.05, 0) is 24.1 Å². The molecule has 4 N–H and O–H groups in total. The fraction of sp³-hybridized carbons (Fsp3) is 0.300. The third-order valence-electron chi connectivity index (χ3n) is 1.85. The molecule has 0 radical (unpaired) electrons. The van der Waals surface area contributed by atoms with Crippen LogP contribution in [0.2, 0.25) is 0 Å². The minimum absolute atomic E-state index is 0.0599. The number of phenolic OH excluding ortho intramolecular Hbond substituents is 1. The van der Waals surface area contributed by atoms with Crippen molar-refractivity contribution in [3.8, 4) is 5.75 Å². The summed E-state index contributed by atoms with van der Waals surface area (Å²) in [4.78, 5) is 10.3. The lowest BCUT2D eigenvalue weighted by molar-refractivity contribution is -0.137. The van der Waals surface area contributed by atoms with Crippen LogP contribution in [0.1, 0.15) is 12.0 Å². The number of nitrogens with two attached hydrogens (primary N) is 1. The summed E-state index contributed by atoms with van der Waals surface area (Å²) in [6, 6.07) is 6.25. The molecular weight excluding hydrogens is 182 g/mol. The van der Waals surface area contributed by atoms with Crippen LogP contribution in [0.5, 0.6) is 5.75 Å². The lowest BCUT2D eigenvalue weighted by Gasteiger charge is -2.08. The maximum absolute atomic E-state index is 10.3. The third kappa shape index (κ3) is 3.45. The number of hydrogen-bond donors (Lipinski definition) is 3. The van der Waals surface area contributed by atoms with Crippen molar-refractivity contribution in [2.45, 2.75) is 18.9 Å². The van der Waals surface area contributed by atoms with E-state index in [1.165, 1.54) is 0 Å². The monoisotopic (exact) mass is 195 g/mol. The molecule has 0 heterocycles. The van der Waals surface area contributed by atoms with Gasteiger partial charge in [-0.2, -0.15) is 0 Å². The van der Waals surface area contributed by atoms with Crippen molar-refractivity contribution in [2.75, 3.05) is 0 Å². The third-order valence-corrected chi connectivity index (χ3v) is 1.85. The highest BCUT2D eigenvalue weighted by molar-refractivity contribution is 5.67. The zero-order valence-corrected chi connectivity index (χ0v) is 7.68. The fourth-order valence-electron chi connectivity index (χ4n) is 1.28. The van der Waals surface area contributed by atoms with Crippen LogP contribution in [0.15, 0.2) is 24.3 Å². The number of rotatable bonds is 4. The van der Waals surface area contributed by atoms with Crippen LogP contribution in [-0.2, 0) is 11.2 Å². The van der Waals surface area contributed by atoms with E-state index in [0.717, 1.165) is 5.56 Å². The molecule has 0 aliphatic carbocycles. The average Bonchev–Trinajstić information content (AvgIpc) is 2.01. The first kappa shape index (κ1) is 10.5. The summed E-state index contributed by atoms with van der Waals surface area (Å²) < 4.78 is 0. The van der Waals surface area contributed by atoms with Gasteiger partial charge in [0.2, 0.25) is 0 Å². The number of aromatic hydroxyl groups is 1. The largest absolute Gasteiger partial charge is 0.508 e. The smallest absolute Gasteiger partial charge is 0.304 e. The Hall–Kier alpha value is -1.55. The van der Waals surface area contributed by atoms with Crippen molar-refractivity contribution >= 4 is 5.97 Å². The number of carboxylic acid groups (broad SMARTS) is 1. The first-order valence-corrected chi connectivity index (χ1v) is 4.33. The SMILES string of the molecule is NC(CC(=O)O)Cc1cccc(O)c1. The summed E-state index contributed by atoms with van der Waals surface area (Å²) >= 11 is 0. The van der Waals surface area contributed by atoms with Gasteiger partial charge in [-0.3, -0.25) is 4.79 Å². The van der Waals surface area contributed by atoms with Crippen LogP contribution in [0.25, 0.3) is 0 Å². The number of benzene rings is 1. The Balaban J connectivity index is 2.55. The van der Waals surface area contributed by atoms with Gasteiger partial charge in [0.1, 0.15) is 5.75 Å². The van der Waals surface area contributed by atoms with Crippen LogP contribution in [-0.4, -0.2) is 22.2 Å². The van der Waals surface area contributed by atoms with Gasteiger partial charge in [-0.15, -0.1) is 0 Å². The van der Waals surface area contributed by atoms with Gasteiger partial charge < -0.3 is 15.9 Å². The van der Waals surface area contributed by atoms with E-state index in [2.05, 4.69) is 0 Å². The van der Waals surface area contributed by atoms with E-state index < -0.39 is 12.0 Å². The molecule has 0 amide bonds. The maximum Gasteiger partial charge on any atom is 0.304 e. The van der Waals surface area contributed by atoms with Gasteiger partial charge in [0, 0.05) is 6.04 Å². The highest BCUT2D eigenvalue weighted by Crippen LogP contribution is 2.12. The topological polar surface area (TPSA) is 83.6 Å². The summed E-state index contributed by atoms with van der Waals surface area (Å²) in [5, 5.41) is 17.6. The minimum Gasteiger partial charge on any atom is -0.508 e. The van der Waals surface area contributed by atoms with Crippen LogP contribution in [0.4, 0.5) is 0 Å². The summed E-state index contributed by atoms with van der Waals surface area (Å²) in [7, 11) is 0. The number of carboxylic acids is 1. The van der Waals surface area contributed by atoms with Crippen LogP contribution in [0.3, 0.4) is 0 Å². The molecular formula is C10H13NO3. The Kier molecular flexibility index (Phi) is 3.48. The Labute approximate surface area is 82.0 Å². The van der Waals surface area contributed by atoms with E-state index in [4.69, 9.17) is 15.9 Å². The molecule has 14 heavy (non-hydrogen) atoms. The Morgan fingerprint density at radius 3 is 2.79 bits per heavy atom. The van der Waals surface area contributed by atoms with Crippen LogP contribution >= 0.6 is 0 Å². The van der Waals surface area contributed by atoms with E-state index in [1.807, 2.05) is 0 Å². The Bertz CT molecular complexity index is 325. The molecule has 0 aliphatic rings. The number of phenols is 1. The first-order valence-electron chi connectivity index (χ1n) is 4.33. The van der Waals surface area contributed by atoms with Crippen molar-refractivity contribution < 1.29 is 15.0 Å². The highest BCUT2D eigenvalue weighted by Gasteiger charge is 2.08. The van der Waals surface area contributed by atoms with Crippen molar-refractivity contribution in [3.63, 3.8) is 0 Å². The maximum atomic E-state index is 10.3. The molecule has 4 nitrogen and oxygen atoms in total. The molecule has 1 unspecified atom stereocenters. The van der Waals surface area contributed by atoms with Gasteiger partial charge in [-0.25, -0.2) is 0 Å². The van der Waals surface area contributed by atoms with Crippen molar-refractivity contribution in [3.05, 3.63) is 29.8 Å². The molecule has 0 bridgehead atoms. The lowest BCUT2D eigenvalue weighted by Crippen LogP contribution is -2.26. The standard InChI is InChI=1S/C10H13NO3/c11-8(6-10(13)14)4-7-2-1-3-9(12)5-7/h1-3,5,8,12H,4,6,11H2,(H,13,14). The minimum atomic E-state index is -0.905. The van der Waals surface area contributed by atoms with Gasteiger partial charge in [0.25, 0.3) is 0 Å². The lowest BCUT2D eigenvalue weighted by atomic mass is 10.0. The van der Waals surface area contributed by atoms with Gasteiger partial charge >= 0.3 is 5.97 Å². The molecule has 76 valence electrons. The molecule has 1 aromatic carbocycles. The molecule has 1 aromatic rings. The quantitative estimate of drug-likeness (QED) is 0.661. The van der Waals surface area contributed by atoms with Crippen molar-refractivity contribution in [2.24, 2.45) is 5.73 Å². The molecule has 0 aromatic heterocycles. The van der Waals surface area contributed by atoms with Gasteiger partial charge in [0.05, 0.1) is 6.42 Å². The van der Waals surface area contributed by atoms with Gasteiger partial charge in [-0.1, -0.05) is 12.1 Å². The number of carbonyl (C=O) groups is 1. The molecule has 0 saturated heterocycles. The summed E-state index contributed by atoms with van der Waals surface area (Å²) in [5.41, 5.74) is 6.44. The second-order valence-electron chi connectivity index (χ2n) is 3.23. The number of aliphatic carboxylic acids is 1. The molecule has 0 fully saturated rings. The van der Waals surface area contributed by atoms with Gasteiger partial charge in [0.15, 0.2) is 0 Å². The van der Waals surface area contributed by atoms with E-state index in [9.17, 15) is 4.79 Å². The zero-order valence-electron chi connectivity index (χ0n) is 7.68. The van der Waals surface area contributed by atoms with Crippen molar-refractivity contribution in [1.29, 1.82) is 0 Å². The highest BCUT2D eigenvalue weighted by atomic mass is 16.4. The summed E-state index contributed by atoms with van der Waals surface area (Å²) in [6.45, 7) is 0. The normalized spacial score (nSPS) is 12.4. The molecule has 0 saturated carbocycles. The predicted octanol–water partition coefficient (Wildman–Crippen LogP) is 0.737. The molecule has 0 aliphatic heterocycles. The Morgan fingerprint density at radius 2 is 2.21 bits per heavy atom. The first-order chi connectivity index (χ1) is 6.58. The second-order valence-corrected chi connectivity index (χ2v) is 3.23. The number of hydrogen-bond acceptors (Lipinski definition) is 3. The van der Waals surface area contributed by atoms with Crippen molar-refractivity contribution in [1.82, 2.24) is 0 Å². The molecule has 4 heteroatoms. The second kappa shape index (κ2) is 4.62. The van der Waals surface area contributed by atoms with E-state index in [-0.39, 0.29) is 12.2 Å². The van der Waals surface area contributed by atoms with E-state index in [0.29, 0.717) is 6.42 Å². The predicted molar refractivity (Wildman–Crippen MR) is 52.0 cm³/mol. The summed E-state index contributed by atoms with van der Waals surface area (Å²) in [5.74, 6) is -0.734. The van der Waals surface area contributed by atoms with E-state index in [1.54, 1.807) is 24.3 Å². The summed E-state index contributed by atoms with van der Waals surface area (Å²) in [6.07, 6.45) is 0.399. The zero-order chi connectivity index (χ0) is 10.6. The average molecular weight is 195 g/mol. The molecule has 1 rings (SSSR count). The molecule has 1 atom stereocenters. The van der Waals surface area contributed by atoms with E-state index >= 15 is 0 Å².